The molecule has 0 aliphatic rings. The van der Waals surface area contributed by atoms with Gasteiger partial charge in [-0.05, 0) is 50.6 Å². The van der Waals surface area contributed by atoms with E-state index in [9.17, 15) is 18.4 Å². The second-order valence-corrected chi connectivity index (χ2v) is 8.06. The number of aromatic nitrogens is 3. The number of rotatable bonds is 5. The third-order valence-corrected chi connectivity index (χ3v) is 5.36. The van der Waals surface area contributed by atoms with Crippen molar-refractivity contribution in [3.8, 4) is 0 Å². The molecule has 0 aliphatic heterocycles. The maximum absolute atomic E-state index is 13.8. The lowest BCUT2D eigenvalue weighted by molar-refractivity contribution is 0.103. The first-order valence-corrected chi connectivity index (χ1v) is 10.4. The van der Waals surface area contributed by atoms with Crippen LogP contribution in [0.5, 0.6) is 0 Å². The monoisotopic (exact) mass is 464 g/mol. The number of nitrogens with one attached hydrogen (secondary N) is 2. The minimum atomic E-state index is -0.791. The highest BCUT2D eigenvalue weighted by molar-refractivity contribution is 6.19. The molecule has 0 radical (unpaired) electrons. The smallest absolute Gasteiger partial charge is 0.323 e. The summed E-state index contributed by atoms with van der Waals surface area (Å²) in [6, 6.07) is 6.75. The van der Waals surface area contributed by atoms with E-state index < -0.39 is 17.7 Å². The number of nitrogen functional groups attached to an aromatic ring is 1. The number of amides is 2. The van der Waals surface area contributed by atoms with Gasteiger partial charge >= 0.3 is 6.03 Å². The first-order chi connectivity index (χ1) is 16.2. The molecule has 0 bridgehead atoms. The second kappa shape index (κ2) is 8.89. The summed E-state index contributed by atoms with van der Waals surface area (Å²) in [6.07, 6.45) is 3.04. The maximum Gasteiger partial charge on any atom is 0.323 e. The minimum Gasteiger partial charge on any atom is -0.383 e. The summed E-state index contributed by atoms with van der Waals surface area (Å²) in [5, 5.41) is 5.25. The minimum absolute atomic E-state index is 0.0272. The van der Waals surface area contributed by atoms with E-state index in [4.69, 9.17) is 5.73 Å². The van der Waals surface area contributed by atoms with E-state index in [1.807, 2.05) is 18.4 Å². The molecule has 2 aromatic heterocycles. The lowest BCUT2D eigenvalue weighted by Crippen LogP contribution is -2.20. The van der Waals surface area contributed by atoms with Gasteiger partial charge < -0.3 is 20.9 Å². The Bertz CT molecular complexity index is 1430. The molecule has 2 heterocycles. The van der Waals surface area contributed by atoms with Crippen LogP contribution in [0.4, 0.5) is 30.8 Å². The molecule has 0 saturated carbocycles. The zero-order valence-electron chi connectivity index (χ0n) is 18.7. The zero-order valence-corrected chi connectivity index (χ0v) is 18.7. The van der Waals surface area contributed by atoms with Crippen LogP contribution in [0.2, 0.25) is 0 Å². The molecule has 10 heteroatoms. The van der Waals surface area contributed by atoms with Crippen molar-refractivity contribution >= 4 is 40.0 Å². The Kier molecular flexibility index (Phi) is 5.97. The van der Waals surface area contributed by atoms with Gasteiger partial charge in [-0.3, -0.25) is 4.79 Å². The largest absolute Gasteiger partial charge is 0.383 e. The summed E-state index contributed by atoms with van der Waals surface area (Å²) in [5.41, 5.74) is 7.96. The molecule has 2 aromatic carbocycles. The van der Waals surface area contributed by atoms with Crippen LogP contribution in [0.15, 0.2) is 48.9 Å². The van der Waals surface area contributed by atoms with Crippen LogP contribution in [0.1, 0.15) is 41.4 Å². The molecular weight excluding hydrogens is 442 g/mol. The zero-order chi connectivity index (χ0) is 24.6. The number of carbonyl (C=O) groups excluding carboxylic acids is 2. The first kappa shape index (κ1) is 22.8. The van der Waals surface area contributed by atoms with Crippen molar-refractivity contribution in [2.24, 2.45) is 0 Å². The van der Waals surface area contributed by atoms with Crippen molar-refractivity contribution in [3.63, 3.8) is 0 Å². The number of benzene rings is 2. The molecule has 0 unspecified atom stereocenters. The lowest BCUT2D eigenvalue weighted by atomic mass is 9.98. The van der Waals surface area contributed by atoms with Crippen LogP contribution in [-0.2, 0) is 0 Å². The molecule has 0 atom stereocenters. The van der Waals surface area contributed by atoms with Crippen molar-refractivity contribution in [2.75, 3.05) is 16.4 Å². The van der Waals surface area contributed by atoms with Gasteiger partial charge in [0.25, 0.3) is 0 Å². The van der Waals surface area contributed by atoms with Crippen LogP contribution in [0, 0.1) is 18.6 Å². The van der Waals surface area contributed by atoms with Gasteiger partial charge in [0.15, 0.2) is 5.78 Å². The Morgan fingerprint density at radius 3 is 2.53 bits per heavy atom. The number of hydrogen-bond acceptors (Lipinski definition) is 5. The highest BCUT2D eigenvalue weighted by Gasteiger charge is 2.23. The fraction of sp³-hybridized carbons (Fsp3) is 0.167. The number of hydrogen-bond donors (Lipinski definition) is 3. The van der Waals surface area contributed by atoms with E-state index in [1.165, 1.54) is 12.4 Å². The Hall–Kier alpha value is -4.34. The van der Waals surface area contributed by atoms with E-state index in [2.05, 4.69) is 20.6 Å². The van der Waals surface area contributed by atoms with Gasteiger partial charge in [-0.15, -0.1) is 0 Å². The van der Waals surface area contributed by atoms with E-state index in [-0.39, 0.29) is 23.3 Å². The Morgan fingerprint density at radius 1 is 1.03 bits per heavy atom. The fourth-order valence-electron chi connectivity index (χ4n) is 3.64. The Morgan fingerprint density at radius 2 is 1.79 bits per heavy atom. The topological polar surface area (TPSA) is 115 Å². The van der Waals surface area contributed by atoms with Gasteiger partial charge in [-0.2, -0.15) is 0 Å². The number of nitrogens with two attached hydrogens (primary N) is 1. The summed E-state index contributed by atoms with van der Waals surface area (Å²) >= 11 is 0. The highest BCUT2D eigenvalue weighted by atomic mass is 19.1. The summed E-state index contributed by atoms with van der Waals surface area (Å²) in [7, 11) is 0. The fourth-order valence-corrected chi connectivity index (χ4v) is 3.64. The number of halogens is 2. The number of anilines is 3. The second-order valence-electron chi connectivity index (χ2n) is 8.06. The summed E-state index contributed by atoms with van der Waals surface area (Å²) in [5.74, 6) is -1.60. The number of fused-ring (bicyclic) bond motifs is 1. The predicted molar refractivity (Wildman–Crippen MR) is 126 cm³/mol. The molecule has 4 rings (SSSR count). The summed E-state index contributed by atoms with van der Waals surface area (Å²) in [4.78, 5) is 34.2. The molecule has 4 N–H and O–H groups in total. The quantitative estimate of drug-likeness (QED) is 0.357. The maximum atomic E-state index is 13.8. The Labute approximate surface area is 193 Å². The van der Waals surface area contributed by atoms with Gasteiger partial charge in [0, 0.05) is 29.6 Å². The van der Waals surface area contributed by atoms with Crippen molar-refractivity contribution in [3.05, 3.63) is 77.2 Å². The van der Waals surface area contributed by atoms with Gasteiger partial charge in [-0.25, -0.2) is 23.5 Å². The molecule has 0 saturated heterocycles. The summed E-state index contributed by atoms with van der Waals surface area (Å²) < 4.78 is 29.0. The van der Waals surface area contributed by atoms with Crippen LogP contribution < -0.4 is 16.4 Å². The summed E-state index contributed by atoms with van der Waals surface area (Å²) in [6.45, 7) is 5.68. The van der Waals surface area contributed by atoms with E-state index in [0.29, 0.717) is 33.4 Å². The van der Waals surface area contributed by atoms with Crippen LogP contribution in [0.3, 0.4) is 0 Å². The van der Waals surface area contributed by atoms with E-state index in [1.54, 1.807) is 25.3 Å². The van der Waals surface area contributed by atoms with Crippen molar-refractivity contribution < 1.29 is 18.4 Å². The SMILES string of the molecule is Cc1ccc(NC(=O)Nc2cc(F)ccc2F)cc1C(=O)c1cn(C(C)C)c2ncnc(N)c12. The molecule has 8 nitrogen and oxygen atoms in total. The van der Waals surface area contributed by atoms with Crippen LogP contribution >= 0.6 is 0 Å². The van der Waals surface area contributed by atoms with E-state index >= 15 is 0 Å². The molecule has 0 aliphatic carbocycles. The predicted octanol–water partition coefficient (Wildman–Crippen LogP) is 5.06. The molecule has 0 spiro atoms. The number of urea groups is 1. The third-order valence-electron chi connectivity index (χ3n) is 5.36. The molecule has 0 fully saturated rings. The van der Waals surface area contributed by atoms with Gasteiger partial charge in [0.2, 0.25) is 0 Å². The Balaban J connectivity index is 1.66. The third kappa shape index (κ3) is 4.29. The molecule has 174 valence electrons. The average Bonchev–Trinajstić information content (AvgIpc) is 3.18. The standard InChI is InChI=1S/C24H22F2N6O2/c1-12(2)32-10-17(20-22(27)28-11-29-23(20)32)21(33)16-9-15(6-4-13(16)3)30-24(34)31-19-8-14(25)5-7-18(19)26/h4-12H,1-3H3,(H2,27,28,29)(H2,30,31,34). The normalized spacial score (nSPS) is 11.1. The average molecular weight is 464 g/mol. The molecule has 34 heavy (non-hydrogen) atoms. The molecule has 4 aromatic rings. The first-order valence-electron chi connectivity index (χ1n) is 10.4. The number of ketones is 1. The van der Waals surface area contributed by atoms with Crippen LogP contribution in [-0.4, -0.2) is 26.3 Å². The van der Waals surface area contributed by atoms with Crippen LogP contribution in [0.25, 0.3) is 11.0 Å². The number of nitrogens with zero attached hydrogens (tertiary/aromatic N) is 3. The van der Waals surface area contributed by atoms with E-state index in [0.717, 1.165) is 18.2 Å². The molecular formula is C24H22F2N6O2. The number of aryl methyl sites for hydroxylation is 1. The van der Waals surface area contributed by atoms with Crippen molar-refractivity contribution in [1.29, 1.82) is 0 Å². The highest BCUT2D eigenvalue weighted by Crippen LogP contribution is 2.30. The lowest BCUT2D eigenvalue weighted by Gasteiger charge is -2.11. The van der Waals surface area contributed by atoms with Crippen molar-refractivity contribution in [2.45, 2.75) is 26.8 Å². The van der Waals surface area contributed by atoms with Crippen molar-refractivity contribution in [1.82, 2.24) is 14.5 Å². The van der Waals surface area contributed by atoms with Gasteiger partial charge in [0.1, 0.15) is 29.4 Å². The molecule has 2 amide bonds. The number of carbonyl (C=O) groups is 2. The van der Waals surface area contributed by atoms with Gasteiger partial charge in [-0.1, -0.05) is 6.07 Å². The van der Waals surface area contributed by atoms with Gasteiger partial charge in [0.05, 0.1) is 16.6 Å².